The molecule has 5 nitrogen and oxygen atoms in total. The monoisotopic (exact) mass is 264 g/mol. The summed E-state index contributed by atoms with van der Waals surface area (Å²) in [4.78, 5) is 0. The molecule has 0 saturated carbocycles. The van der Waals surface area contributed by atoms with Crippen LogP contribution in [0.5, 0.6) is 5.75 Å². The Morgan fingerprint density at radius 2 is 1.94 bits per heavy atom. The predicted octanol–water partition coefficient (Wildman–Crippen LogP) is 1.33. The highest BCUT2D eigenvalue weighted by Crippen LogP contribution is 2.26. The summed E-state index contributed by atoms with van der Waals surface area (Å²) in [6.07, 6.45) is -4.06. The van der Waals surface area contributed by atoms with Gasteiger partial charge in [0, 0.05) is 5.56 Å². The number of nitrogens with two attached hydrogens (primary N) is 2. The molecule has 0 amide bonds. The quantitative estimate of drug-likeness (QED) is 0.374. The van der Waals surface area contributed by atoms with Crippen LogP contribution in [0, 0.1) is 5.82 Å². The lowest BCUT2D eigenvalue weighted by Crippen LogP contribution is -2.21. The number of ether oxygens (including phenoxy) is 1. The standard InChI is InChI=1S/C9H8F4N4O/c10-6-1-2-7(18-9(11,12)13)5(3-6)4-16-17-8(14)15/h1-4H,(H4,14,15,17). The maximum Gasteiger partial charge on any atom is 0.573 e. The zero-order valence-corrected chi connectivity index (χ0v) is 8.78. The lowest BCUT2D eigenvalue weighted by atomic mass is 10.2. The van der Waals surface area contributed by atoms with Crippen molar-refractivity contribution >= 4 is 12.2 Å². The highest BCUT2D eigenvalue weighted by atomic mass is 19.4. The van der Waals surface area contributed by atoms with Gasteiger partial charge < -0.3 is 16.2 Å². The van der Waals surface area contributed by atoms with Crippen LogP contribution >= 0.6 is 0 Å². The number of halogens is 4. The lowest BCUT2D eigenvalue weighted by molar-refractivity contribution is -0.274. The van der Waals surface area contributed by atoms with Crippen LogP contribution in [-0.4, -0.2) is 18.5 Å². The molecule has 0 aliphatic heterocycles. The third kappa shape index (κ3) is 4.68. The van der Waals surface area contributed by atoms with Gasteiger partial charge in [0.25, 0.3) is 0 Å². The van der Waals surface area contributed by atoms with Crippen molar-refractivity contribution in [2.24, 2.45) is 21.7 Å². The smallest absolute Gasteiger partial charge is 0.405 e. The van der Waals surface area contributed by atoms with Gasteiger partial charge in [0.15, 0.2) is 0 Å². The van der Waals surface area contributed by atoms with Gasteiger partial charge in [-0.15, -0.1) is 18.3 Å². The first-order valence-corrected chi connectivity index (χ1v) is 4.45. The van der Waals surface area contributed by atoms with Crippen LogP contribution in [0.1, 0.15) is 5.56 Å². The normalized spacial score (nSPS) is 11.6. The summed E-state index contributed by atoms with van der Waals surface area (Å²) in [5, 5.41) is 6.44. The fourth-order valence-electron chi connectivity index (χ4n) is 0.996. The number of nitrogens with zero attached hydrogens (tertiary/aromatic N) is 2. The van der Waals surface area contributed by atoms with Gasteiger partial charge in [-0.3, -0.25) is 0 Å². The van der Waals surface area contributed by atoms with Crippen molar-refractivity contribution in [2.45, 2.75) is 6.36 Å². The Morgan fingerprint density at radius 1 is 1.28 bits per heavy atom. The molecular weight excluding hydrogens is 256 g/mol. The summed E-state index contributed by atoms with van der Waals surface area (Å²) in [7, 11) is 0. The zero-order chi connectivity index (χ0) is 13.8. The van der Waals surface area contributed by atoms with E-state index in [1.165, 1.54) is 0 Å². The Morgan fingerprint density at radius 3 is 2.50 bits per heavy atom. The largest absolute Gasteiger partial charge is 0.573 e. The molecule has 1 aromatic rings. The van der Waals surface area contributed by atoms with Crippen LogP contribution in [0.3, 0.4) is 0 Å². The van der Waals surface area contributed by atoms with E-state index in [2.05, 4.69) is 14.9 Å². The Kier molecular flexibility index (Phi) is 4.08. The van der Waals surface area contributed by atoms with Crippen molar-refractivity contribution in [3.8, 4) is 5.75 Å². The molecule has 0 bridgehead atoms. The summed E-state index contributed by atoms with van der Waals surface area (Å²) < 4.78 is 52.7. The van der Waals surface area contributed by atoms with Gasteiger partial charge in [0.1, 0.15) is 11.6 Å². The van der Waals surface area contributed by atoms with E-state index in [-0.39, 0.29) is 11.5 Å². The van der Waals surface area contributed by atoms with Crippen LogP contribution in [0.2, 0.25) is 0 Å². The van der Waals surface area contributed by atoms with Crippen LogP contribution in [0.25, 0.3) is 0 Å². The fraction of sp³-hybridized carbons (Fsp3) is 0.111. The molecule has 0 aliphatic rings. The summed E-state index contributed by atoms with van der Waals surface area (Å²) in [6.45, 7) is 0. The molecular formula is C9H8F4N4O. The second-order valence-corrected chi connectivity index (χ2v) is 3.00. The number of rotatable bonds is 3. The third-order valence-electron chi connectivity index (χ3n) is 1.57. The fourth-order valence-corrected chi connectivity index (χ4v) is 0.996. The van der Waals surface area contributed by atoms with E-state index in [1.54, 1.807) is 0 Å². The van der Waals surface area contributed by atoms with Gasteiger partial charge in [0.2, 0.25) is 5.96 Å². The first-order valence-electron chi connectivity index (χ1n) is 4.45. The molecule has 0 aromatic heterocycles. The van der Waals surface area contributed by atoms with Crippen molar-refractivity contribution in [1.29, 1.82) is 0 Å². The lowest BCUT2D eigenvalue weighted by Gasteiger charge is -2.10. The van der Waals surface area contributed by atoms with Crippen LogP contribution in [0.4, 0.5) is 17.6 Å². The second-order valence-electron chi connectivity index (χ2n) is 3.00. The van der Waals surface area contributed by atoms with Gasteiger partial charge >= 0.3 is 6.36 Å². The Hall–Kier alpha value is -2.32. The van der Waals surface area contributed by atoms with Crippen molar-refractivity contribution in [1.82, 2.24) is 0 Å². The van der Waals surface area contributed by atoms with Gasteiger partial charge in [-0.2, -0.15) is 5.10 Å². The average Bonchev–Trinajstić information content (AvgIpc) is 2.19. The molecule has 1 aromatic carbocycles. The topological polar surface area (TPSA) is 86.0 Å². The molecule has 0 heterocycles. The average molecular weight is 264 g/mol. The third-order valence-corrected chi connectivity index (χ3v) is 1.57. The molecule has 0 fully saturated rings. The van der Waals surface area contributed by atoms with Crippen molar-refractivity contribution in [3.63, 3.8) is 0 Å². The molecule has 0 radical (unpaired) electrons. The summed E-state index contributed by atoms with van der Waals surface area (Å²) in [6, 6.07) is 2.44. The van der Waals surface area contributed by atoms with E-state index in [1.807, 2.05) is 0 Å². The molecule has 4 N–H and O–H groups in total. The Labute approximate surface area is 98.7 Å². The molecule has 0 atom stereocenters. The van der Waals surface area contributed by atoms with Gasteiger partial charge in [0.05, 0.1) is 6.21 Å². The van der Waals surface area contributed by atoms with Gasteiger partial charge in [-0.05, 0) is 18.2 Å². The Balaban J connectivity index is 3.04. The minimum absolute atomic E-state index is 0.252. The van der Waals surface area contributed by atoms with E-state index in [4.69, 9.17) is 11.5 Å². The number of hydrogen-bond acceptors (Lipinski definition) is 3. The van der Waals surface area contributed by atoms with E-state index >= 15 is 0 Å². The second kappa shape index (κ2) is 5.34. The van der Waals surface area contributed by atoms with E-state index < -0.39 is 17.9 Å². The van der Waals surface area contributed by atoms with Crippen molar-refractivity contribution < 1.29 is 22.3 Å². The number of benzene rings is 1. The molecule has 0 saturated heterocycles. The Bertz CT molecular complexity index is 480. The SMILES string of the molecule is NC(N)=NN=Cc1cc(F)ccc1OC(F)(F)F. The van der Waals surface area contributed by atoms with Crippen LogP contribution in [-0.2, 0) is 0 Å². The summed E-state index contributed by atoms with van der Waals surface area (Å²) in [5.41, 5.74) is 9.66. The molecule has 9 heteroatoms. The molecule has 1 rings (SSSR count). The maximum atomic E-state index is 12.9. The summed E-state index contributed by atoms with van der Waals surface area (Å²) >= 11 is 0. The number of alkyl halides is 3. The molecule has 0 spiro atoms. The first-order chi connectivity index (χ1) is 8.28. The highest BCUT2D eigenvalue weighted by molar-refractivity contribution is 5.84. The van der Waals surface area contributed by atoms with Crippen molar-refractivity contribution in [3.05, 3.63) is 29.6 Å². The molecule has 98 valence electrons. The summed E-state index contributed by atoms with van der Waals surface area (Å²) in [5.74, 6) is -1.75. The number of guanidine groups is 1. The van der Waals surface area contributed by atoms with Gasteiger partial charge in [-0.25, -0.2) is 4.39 Å². The van der Waals surface area contributed by atoms with E-state index in [0.717, 1.165) is 24.4 Å². The maximum absolute atomic E-state index is 12.9. The molecule has 18 heavy (non-hydrogen) atoms. The number of hydrogen-bond donors (Lipinski definition) is 2. The molecule has 0 aliphatic carbocycles. The van der Waals surface area contributed by atoms with Gasteiger partial charge in [-0.1, -0.05) is 0 Å². The van der Waals surface area contributed by atoms with Crippen molar-refractivity contribution in [2.75, 3.05) is 0 Å². The van der Waals surface area contributed by atoms with Crippen LogP contribution < -0.4 is 16.2 Å². The minimum atomic E-state index is -4.89. The molecule has 0 unspecified atom stereocenters. The highest BCUT2D eigenvalue weighted by Gasteiger charge is 2.32. The van der Waals surface area contributed by atoms with E-state index in [9.17, 15) is 17.6 Å². The van der Waals surface area contributed by atoms with Crippen LogP contribution in [0.15, 0.2) is 28.4 Å². The predicted molar refractivity (Wildman–Crippen MR) is 56.5 cm³/mol. The van der Waals surface area contributed by atoms with E-state index in [0.29, 0.717) is 0 Å². The zero-order valence-electron chi connectivity index (χ0n) is 8.78. The minimum Gasteiger partial charge on any atom is -0.405 e. The first kappa shape index (κ1) is 13.7.